The number of hydrazone groups is 1. The van der Waals surface area contributed by atoms with Gasteiger partial charge in [-0.25, -0.2) is 5.43 Å². The molecule has 4 nitrogen and oxygen atoms in total. The van der Waals surface area contributed by atoms with Crippen LogP contribution < -0.4 is 5.43 Å². The van der Waals surface area contributed by atoms with Crippen LogP contribution in [0.25, 0.3) is 10.4 Å². The van der Waals surface area contributed by atoms with E-state index in [1.54, 1.807) is 35.9 Å². The average Bonchev–Trinajstić information content (AvgIpc) is 3.05. The molecule has 5 heteroatoms. The highest BCUT2D eigenvalue weighted by molar-refractivity contribution is 7.17. The molecule has 0 unspecified atom stereocenters. The van der Waals surface area contributed by atoms with Crippen molar-refractivity contribution in [2.45, 2.75) is 0 Å². The summed E-state index contributed by atoms with van der Waals surface area (Å²) in [4.78, 5) is 17.8. The van der Waals surface area contributed by atoms with Gasteiger partial charge < -0.3 is 0 Å². The molecule has 0 aliphatic rings. The summed E-state index contributed by atoms with van der Waals surface area (Å²) in [5, 5.41) is 3.98. The van der Waals surface area contributed by atoms with Crippen molar-refractivity contribution in [2.75, 3.05) is 0 Å². The number of hydrogen-bond donors (Lipinski definition) is 1. The molecule has 1 amide bonds. The van der Waals surface area contributed by atoms with Gasteiger partial charge in [-0.15, -0.1) is 11.3 Å². The summed E-state index contributed by atoms with van der Waals surface area (Å²) in [5.41, 5.74) is 4.15. The van der Waals surface area contributed by atoms with E-state index in [1.807, 2.05) is 30.3 Å². The maximum Gasteiger partial charge on any atom is 0.272 e. The van der Waals surface area contributed by atoms with E-state index < -0.39 is 0 Å². The van der Waals surface area contributed by atoms with Crippen molar-refractivity contribution in [3.05, 3.63) is 77.4 Å². The minimum absolute atomic E-state index is 0.274. The summed E-state index contributed by atoms with van der Waals surface area (Å²) in [6, 6.07) is 17.6. The number of aromatic nitrogens is 1. The average molecular weight is 307 g/mol. The molecule has 3 rings (SSSR count). The first-order valence-electron chi connectivity index (χ1n) is 6.71. The van der Waals surface area contributed by atoms with Gasteiger partial charge >= 0.3 is 0 Å². The molecule has 0 saturated carbocycles. The molecule has 1 aromatic carbocycles. The van der Waals surface area contributed by atoms with Crippen LogP contribution in [0.15, 0.2) is 72.1 Å². The summed E-state index contributed by atoms with van der Waals surface area (Å²) in [7, 11) is 0. The van der Waals surface area contributed by atoms with Crippen LogP contribution in [0.5, 0.6) is 0 Å². The smallest absolute Gasteiger partial charge is 0.267 e. The van der Waals surface area contributed by atoms with Crippen molar-refractivity contribution in [3.63, 3.8) is 0 Å². The van der Waals surface area contributed by atoms with Crippen LogP contribution in [0.2, 0.25) is 0 Å². The van der Waals surface area contributed by atoms with E-state index in [0.717, 1.165) is 4.88 Å². The van der Waals surface area contributed by atoms with Crippen molar-refractivity contribution in [1.82, 2.24) is 10.4 Å². The third-order valence-electron chi connectivity index (χ3n) is 2.97. The Labute approximate surface area is 132 Å². The van der Waals surface area contributed by atoms with Gasteiger partial charge in [-0.2, -0.15) is 5.10 Å². The molecule has 2 heterocycles. The maximum absolute atomic E-state index is 11.8. The second-order valence-corrected chi connectivity index (χ2v) is 5.62. The molecule has 2 aromatic heterocycles. The van der Waals surface area contributed by atoms with Gasteiger partial charge in [0.25, 0.3) is 5.91 Å². The van der Waals surface area contributed by atoms with Crippen molar-refractivity contribution in [3.8, 4) is 10.4 Å². The molecule has 0 spiro atoms. The number of hydrogen-bond acceptors (Lipinski definition) is 4. The van der Waals surface area contributed by atoms with E-state index in [2.05, 4.69) is 27.6 Å². The second kappa shape index (κ2) is 6.78. The van der Waals surface area contributed by atoms with Crippen LogP contribution >= 0.6 is 11.3 Å². The summed E-state index contributed by atoms with van der Waals surface area (Å²) in [5.74, 6) is -0.274. The standard InChI is InChI=1S/C17H13N3OS/c21-17(14-7-4-10-18-11-14)20-19-12-15-8-9-16(22-15)13-5-2-1-3-6-13/h1-12H,(H,20,21)/b19-12-. The fourth-order valence-electron chi connectivity index (χ4n) is 1.90. The largest absolute Gasteiger partial charge is 0.272 e. The van der Waals surface area contributed by atoms with E-state index >= 15 is 0 Å². The second-order valence-electron chi connectivity index (χ2n) is 4.51. The van der Waals surface area contributed by atoms with Crippen molar-refractivity contribution in [1.29, 1.82) is 0 Å². The number of pyridine rings is 1. The lowest BCUT2D eigenvalue weighted by molar-refractivity contribution is 0.0955. The fraction of sp³-hybridized carbons (Fsp3) is 0. The molecular weight excluding hydrogens is 294 g/mol. The molecular formula is C17H13N3OS. The van der Waals surface area contributed by atoms with Gasteiger partial charge in [-0.05, 0) is 29.8 Å². The van der Waals surface area contributed by atoms with E-state index in [4.69, 9.17) is 0 Å². The van der Waals surface area contributed by atoms with E-state index in [1.165, 1.54) is 16.6 Å². The monoisotopic (exact) mass is 307 g/mol. The zero-order valence-corrected chi connectivity index (χ0v) is 12.5. The van der Waals surface area contributed by atoms with Crippen molar-refractivity contribution >= 4 is 23.5 Å². The minimum Gasteiger partial charge on any atom is -0.267 e. The Hall–Kier alpha value is -2.79. The third-order valence-corrected chi connectivity index (χ3v) is 4.04. The van der Waals surface area contributed by atoms with Crippen molar-refractivity contribution in [2.24, 2.45) is 5.10 Å². The third kappa shape index (κ3) is 3.45. The topological polar surface area (TPSA) is 54.4 Å². The number of rotatable bonds is 4. The van der Waals surface area contributed by atoms with Crippen LogP contribution in [-0.4, -0.2) is 17.1 Å². The quantitative estimate of drug-likeness (QED) is 0.592. The van der Waals surface area contributed by atoms with Gasteiger partial charge in [0.15, 0.2) is 0 Å². The Kier molecular flexibility index (Phi) is 4.36. The number of nitrogens with zero attached hydrogens (tertiary/aromatic N) is 2. The van der Waals surface area contributed by atoms with E-state index in [-0.39, 0.29) is 5.91 Å². The summed E-state index contributed by atoms with van der Waals surface area (Å²) in [6.07, 6.45) is 4.77. The molecule has 0 bridgehead atoms. The van der Waals surface area contributed by atoms with Crippen LogP contribution in [-0.2, 0) is 0 Å². The highest BCUT2D eigenvalue weighted by atomic mass is 32.1. The zero-order chi connectivity index (χ0) is 15.2. The normalized spacial score (nSPS) is 10.7. The lowest BCUT2D eigenvalue weighted by atomic mass is 10.2. The predicted molar refractivity (Wildman–Crippen MR) is 89.1 cm³/mol. The van der Waals surface area contributed by atoms with Crippen LogP contribution in [0.1, 0.15) is 15.2 Å². The van der Waals surface area contributed by atoms with Crippen LogP contribution in [0.3, 0.4) is 0 Å². The summed E-state index contributed by atoms with van der Waals surface area (Å²) >= 11 is 1.62. The molecule has 22 heavy (non-hydrogen) atoms. The van der Waals surface area contributed by atoms with Crippen LogP contribution in [0, 0.1) is 0 Å². The number of amides is 1. The first kappa shape index (κ1) is 14.2. The molecule has 108 valence electrons. The molecule has 0 radical (unpaired) electrons. The number of carbonyl (C=O) groups is 1. The summed E-state index contributed by atoms with van der Waals surface area (Å²) in [6.45, 7) is 0. The molecule has 0 aliphatic heterocycles. The predicted octanol–water partition coefficient (Wildman–Crippen LogP) is 3.57. The number of nitrogens with one attached hydrogen (secondary N) is 1. The fourth-order valence-corrected chi connectivity index (χ4v) is 2.78. The lowest BCUT2D eigenvalue weighted by Gasteiger charge is -1.97. The Morgan fingerprint density at radius 3 is 2.73 bits per heavy atom. The van der Waals surface area contributed by atoms with Gasteiger partial charge in [0.05, 0.1) is 11.8 Å². The number of benzene rings is 1. The first-order chi connectivity index (χ1) is 10.8. The molecule has 0 aliphatic carbocycles. The van der Waals surface area contributed by atoms with E-state index in [0.29, 0.717) is 5.56 Å². The highest BCUT2D eigenvalue weighted by Crippen LogP contribution is 2.26. The Morgan fingerprint density at radius 1 is 1.09 bits per heavy atom. The van der Waals surface area contributed by atoms with Gasteiger partial charge in [-0.3, -0.25) is 9.78 Å². The Morgan fingerprint density at radius 2 is 1.95 bits per heavy atom. The number of carbonyl (C=O) groups excluding carboxylic acids is 1. The van der Waals surface area contributed by atoms with Crippen LogP contribution in [0.4, 0.5) is 0 Å². The Balaban J connectivity index is 1.64. The minimum atomic E-state index is -0.274. The molecule has 3 aromatic rings. The van der Waals surface area contributed by atoms with Gasteiger partial charge in [-0.1, -0.05) is 30.3 Å². The molecule has 0 fully saturated rings. The molecule has 0 atom stereocenters. The van der Waals surface area contributed by atoms with Gasteiger partial charge in [0, 0.05) is 22.1 Å². The molecule has 0 saturated heterocycles. The maximum atomic E-state index is 11.8. The Bertz CT molecular complexity index is 782. The summed E-state index contributed by atoms with van der Waals surface area (Å²) < 4.78 is 0. The van der Waals surface area contributed by atoms with E-state index in [9.17, 15) is 4.79 Å². The molecule has 1 N–H and O–H groups in total. The van der Waals surface area contributed by atoms with Gasteiger partial charge in [0.1, 0.15) is 0 Å². The lowest BCUT2D eigenvalue weighted by Crippen LogP contribution is -2.17. The first-order valence-corrected chi connectivity index (χ1v) is 7.53. The van der Waals surface area contributed by atoms with Gasteiger partial charge in [0.2, 0.25) is 0 Å². The number of thiophene rings is 1. The zero-order valence-electron chi connectivity index (χ0n) is 11.6. The highest BCUT2D eigenvalue weighted by Gasteiger charge is 2.03. The van der Waals surface area contributed by atoms with Crippen molar-refractivity contribution < 1.29 is 4.79 Å². The SMILES string of the molecule is O=C(N/N=C\c1ccc(-c2ccccc2)s1)c1cccnc1.